The highest BCUT2D eigenvalue weighted by molar-refractivity contribution is 5.94. The Morgan fingerprint density at radius 3 is 2.05 bits per heavy atom. The van der Waals surface area contributed by atoms with Gasteiger partial charge in [0.2, 0.25) is 0 Å². The minimum Gasteiger partial charge on any atom is -0.316 e. The number of hydrogen-bond acceptors (Lipinski definition) is 2. The van der Waals surface area contributed by atoms with Crippen LogP contribution in [0.25, 0.3) is 0 Å². The zero-order valence-corrected chi connectivity index (χ0v) is 12.4. The Hall–Kier alpha value is -2.19. The highest BCUT2D eigenvalue weighted by Gasteiger charge is 2.50. The van der Waals surface area contributed by atoms with Crippen LogP contribution in [0.15, 0.2) is 72.8 Å². The summed E-state index contributed by atoms with van der Waals surface area (Å²) in [4.78, 5) is 12.3. The molecule has 1 fully saturated rings. The predicted octanol–water partition coefficient (Wildman–Crippen LogP) is 2.95. The van der Waals surface area contributed by atoms with Crippen molar-refractivity contribution in [2.45, 2.75) is 5.41 Å². The zero-order chi connectivity index (χ0) is 15.0. The van der Waals surface area contributed by atoms with Crippen LogP contribution >= 0.6 is 0 Å². The van der Waals surface area contributed by atoms with E-state index in [0.717, 1.165) is 13.1 Å². The Labute approximate surface area is 130 Å². The van der Waals surface area contributed by atoms with E-state index in [2.05, 4.69) is 59.9 Å². The molecule has 2 unspecified atom stereocenters. The van der Waals surface area contributed by atoms with Gasteiger partial charge in [0.15, 0.2) is 5.78 Å². The Morgan fingerprint density at radius 2 is 1.45 bits per heavy atom. The maximum atomic E-state index is 12.3. The van der Waals surface area contributed by atoms with Gasteiger partial charge in [0, 0.05) is 24.4 Å². The second-order valence-corrected chi connectivity index (χ2v) is 6.21. The van der Waals surface area contributed by atoms with Crippen molar-refractivity contribution in [2.24, 2.45) is 11.8 Å². The minimum atomic E-state index is -0.218. The lowest BCUT2D eigenvalue weighted by Crippen LogP contribution is -2.44. The number of hydrogen-bond donors (Lipinski definition) is 1. The molecule has 1 heterocycles. The lowest BCUT2D eigenvalue weighted by Gasteiger charge is -2.42. The van der Waals surface area contributed by atoms with Crippen molar-refractivity contribution in [3.8, 4) is 0 Å². The van der Waals surface area contributed by atoms with E-state index >= 15 is 0 Å². The molecule has 0 bridgehead atoms. The fraction of sp³-hybridized carbons (Fsp3) is 0.250. The van der Waals surface area contributed by atoms with Crippen molar-refractivity contribution in [2.75, 3.05) is 13.1 Å². The molecular weight excluding hydrogens is 270 g/mol. The molecule has 0 amide bonds. The molecule has 4 rings (SSSR count). The lowest BCUT2D eigenvalue weighted by molar-refractivity contribution is -0.119. The average Bonchev–Trinajstić information content (AvgIpc) is 3.08. The minimum absolute atomic E-state index is 0.0745. The maximum absolute atomic E-state index is 12.3. The second kappa shape index (κ2) is 5.22. The summed E-state index contributed by atoms with van der Waals surface area (Å²) in [5.41, 5.74) is 2.32. The summed E-state index contributed by atoms with van der Waals surface area (Å²) in [6.07, 6.45) is 3.93. The summed E-state index contributed by atoms with van der Waals surface area (Å²) in [5, 5.41) is 3.43. The SMILES string of the molecule is O=C1C=CC(c2ccccc2)(c2ccccc2)C2CNCC12. The van der Waals surface area contributed by atoms with Gasteiger partial charge in [-0.3, -0.25) is 4.79 Å². The molecule has 2 atom stereocenters. The number of carbonyl (C=O) groups excluding carboxylic acids is 1. The van der Waals surface area contributed by atoms with E-state index in [0.29, 0.717) is 0 Å². The molecule has 2 aromatic carbocycles. The van der Waals surface area contributed by atoms with Gasteiger partial charge in [-0.15, -0.1) is 0 Å². The monoisotopic (exact) mass is 289 g/mol. The first-order chi connectivity index (χ1) is 10.8. The van der Waals surface area contributed by atoms with Gasteiger partial charge in [-0.1, -0.05) is 66.7 Å². The number of nitrogens with one attached hydrogen (secondary N) is 1. The van der Waals surface area contributed by atoms with Crippen LogP contribution in [-0.4, -0.2) is 18.9 Å². The van der Waals surface area contributed by atoms with Gasteiger partial charge >= 0.3 is 0 Å². The molecule has 2 aliphatic rings. The van der Waals surface area contributed by atoms with Crippen LogP contribution in [0.2, 0.25) is 0 Å². The smallest absolute Gasteiger partial charge is 0.160 e. The molecule has 2 aromatic rings. The third-order valence-corrected chi connectivity index (χ3v) is 5.18. The number of fused-ring (bicyclic) bond motifs is 1. The molecular formula is C20H19NO. The third kappa shape index (κ3) is 1.87. The molecule has 110 valence electrons. The maximum Gasteiger partial charge on any atom is 0.160 e. The summed E-state index contributed by atoms with van der Waals surface area (Å²) >= 11 is 0. The molecule has 1 saturated heterocycles. The normalized spacial score (nSPS) is 25.9. The Balaban J connectivity index is 1.97. The topological polar surface area (TPSA) is 29.1 Å². The predicted molar refractivity (Wildman–Crippen MR) is 87.7 cm³/mol. The summed E-state index contributed by atoms with van der Waals surface area (Å²) in [7, 11) is 0. The van der Waals surface area contributed by atoms with E-state index in [-0.39, 0.29) is 23.0 Å². The number of rotatable bonds is 2. The zero-order valence-electron chi connectivity index (χ0n) is 12.4. The van der Waals surface area contributed by atoms with Crippen LogP contribution in [0.1, 0.15) is 11.1 Å². The van der Waals surface area contributed by atoms with Gasteiger partial charge < -0.3 is 5.32 Å². The first kappa shape index (κ1) is 13.5. The molecule has 1 N–H and O–H groups in total. The van der Waals surface area contributed by atoms with Crippen LogP contribution in [-0.2, 0) is 10.2 Å². The Morgan fingerprint density at radius 1 is 0.864 bits per heavy atom. The van der Waals surface area contributed by atoms with Crippen LogP contribution in [0.3, 0.4) is 0 Å². The molecule has 2 heteroatoms. The largest absolute Gasteiger partial charge is 0.316 e. The first-order valence-electron chi connectivity index (χ1n) is 7.87. The molecule has 0 radical (unpaired) electrons. The first-order valence-corrected chi connectivity index (χ1v) is 7.87. The van der Waals surface area contributed by atoms with E-state index in [1.165, 1.54) is 11.1 Å². The van der Waals surface area contributed by atoms with E-state index in [1.807, 2.05) is 12.1 Å². The van der Waals surface area contributed by atoms with Gasteiger partial charge in [-0.2, -0.15) is 0 Å². The Kier molecular flexibility index (Phi) is 3.20. The molecule has 0 aromatic heterocycles. The highest BCUT2D eigenvalue weighted by atomic mass is 16.1. The van der Waals surface area contributed by atoms with Gasteiger partial charge in [0.1, 0.15) is 0 Å². The fourth-order valence-electron chi connectivity index (χ4n) is 4.13. The molecule has 0 saturated carbocycles. The van der Waals surface area contributed by atoms with Crippen molar-refractivity contribution in [3.05, 3.63) is 83.9 Å². The van der Waals surface area contributed by atoms with Crippen molar-refractivity contribution in [1.82, 2.24) is 5.32 Å². The van der Waals surface area contributed by atoms with E-state index < -0.39 is 0 Å². The highest BCUT2D eigenvalue weighted by Crippen LogP contribution is 2.47. The number of benzene rings is 2. The van der Waals surface area contributed by atoms with Crippen LogP contribution in [0, 0.1) is 11.8 Å². The molecule has 1 aliphatic heterocycles. The second-order valence-electron chi connectivity index (χ2n) is 6.21. The molecule has 1 aliphatic carbocycles. The van der Waals surface area contributed by atoms with E-state index in [4.69, 9.17) is 0 Å². The average molecular weight is 289 g/mol. The van der Waals surface area contributed by atoms with E-state index in [9.17, 15) is 4.79 Å². The van der Waals surface area contributed by atoms with Crippen molar-refractivity contribution in [3.63, 3.8) is 0 Å². The fourth-order valence-corrected chi connectivity index (χ4v) is 4.13. The van der Waals surface area contributed by atoms with Crippen molar-refractivity contribution >= 4 is 5.78 Å². The van der Waals surface area contributed by atoms with Gasteiger partial charge in [-0.05, 0) is 23.1 Å². The van der Waals surface area contributed by atoms with Crippen LogP contribution in [0.5, 0.6) is 0 Å². The third-order valence-electron chi connectivity index (χ3n) is 5.18. The van der Waals surface area contributed by atoms with Gasteiger partial charge in [0.25, 0.3) is 0 Å². The Bertz CT molecular complexity index is 666. The lowest BCUT2D eigenvalue weighted by atomic mass is 9.59. The summed E-state index contributed by atoms with van der Waals surface area (Å²) in [6, 6.07) is 21.2. The molecule has 22 heavy (non-hydrogen) atoms. The quantitative estimate of drug-likeness (QED) is 0.921. The number of carbonyl (C=O) groups is 1. The van der Waals surface area contributed by atoms with Gasteiger partial charge in [-0.25, -0.2) is 0 Å². The molecule has 2 nitrogen and oxygen atoms in total. The van der Waals surface area contributed by atoms with Gasteiger partial charge in [0.05, 0.1) is 0 Å². The van der Waals surface area contributed by atoms with E-state index in [1.54, 1.807) is 6.08 Å². The van der Waals surface area contributed by atoms with Crippen LogP contribution < -0.4 is 5.32 Å². The standard InChI is InChI=1S/C20H19NO/c22-19-11-12-20(15-7-3-1-4-8-15,16-9-5-2-6-10-16)18-14-21-13-17(18)19/h1-12,17-18,21H,13-14H2. The summed E-state index contributed by atoms with van der Waals surface area (Å²) in [5.74, 6) is 0.609. The summed E-state index contributed by atoms with van der Waals surface area (Å²) in [6.45, 7) is 1.67. The number of ketones is 1. The number of allylic oxidation sites excluding steroid dienone is 2. The van der Waals surface area contributed by atoms with Crippen LogP contribution in [0.4, 0.5) is 0 Å². The van der Waals surface area contributed by atoms with Crippen molar-refractivity contribution < 1.29 is 4.79 Å². The van der Waals surface area contributed by atoms with Crippen molar-refractivity contribution in [1.29, 1.82) is 0 Å². The molecule has 0 spiro atoms. The summed E-state index contributed by atoms with van der Waals surface area (Å²) < 4.78 is 0.